The Morgan fingerprint density at radius 3 is 2.76 bits per heavy atom. The molecule has 0 fully saturated rings. The van der Waals surface area contributed by atoms with Gasteiger partial charge in [0.1, 0.15) is 6.04 Å². The van der Waals surface area contributed by atoms with Gasteiger partial charge in [-0.15, -0.1) is 0 Å². The molecule has 1 aromatic rings. The van der Waals surface area contributed by atoms with Crippen molar-refractivity contribution in [2.24, 2.45) is 5.73 Å². The van der Waals surface area contributed by atoms with Crippen molar-refractivity contribution >= 4 is 11.7 Å². The van der Waals surface area contributed by atoms with Crippen molar-refractivity contribution in [1.29, 1.82) is 0 Å². The van der Waals surface area contributed by atoms with Crippen LogP contribution in [0.5, 0.6) is 0 Å². The van der Waals surface area contributed by atoms with Gasteiger partial charge < -0.3 is 10.5 Å². The molecule has 0 unspecified atom stereocenters. The fourth-order valence-electron chi connectivity index (χ4n) is 1.31. The van der Waals surface area contributed by atoms with Gasteiger partial charge in [0.25, 0.3) is 0 Å². The molecule has 1 aromatic carbocycles. The van der Waals surface area contributed by atoms with Gasteiger partial charge in [-0.05, 0) is 18.1 Å². The summed E-state index contributed by atoms with van der Waals surface area (Å²) in [5, 5.41) is 10.4. The summed E-state index contributed by atoms with van der Waals surface area (Å²) in [6, 6.07) is 2.46. The van der Waals surface area contributed by atoms with Gasteiger partial charge in [-0.1, -0.05) is 6.07 Å². The molecule has 0 saturated carbocycles. The first kappa shape index (κ1) is 13.0. The first-order valence-electron chi connectivity index (χ1n) is 4.72. The number of hydrogen-bond acceptors (Lipinski definition) is 5. The molecule has 0 bridgehead atoms. The molecule has 7 heteroatoms. The second-order valence-corrected chi connectivity index (χ2v) is 3.38. The molecule has 0 spiro atoms. The molecule has 6 nitrogen and oxygen atoms in total. The van der Waals surface area contributed by atoms with E-state index in [1.807, 2.05) is 0 Å². The van der Waals surface area contributed by atoms with Crippen molar-refractivity contribution in [2.75, 3.05) is 7.11 Å². The van der Waals surface area contributed by atoms with Gasteiger partial charge in [-0.3, -0.25) is 14.9 Å². The van der Waals surface area contributed by atoms with E-state index < -0.39 is 28.4 Å². The number of nitro benzene ring substituents is 1. The normalized spacial score (nSPS) is 11.9. The number of carbonyl (C=O) groups excluding carboxylic acids is 1. The molecule has 0 aliphatic carbocycles. The lowest BCUT2D eigenvalue weighted by atomic mass is 10.1. The molecule has 0 aliphatic heterocycles. The summed E-state index contributed by atoms with van der Waals surface area (Å²) in [6.45, 7) is 0. The molecule has 92 valence electrons. The van der Waals surface area contributed by atoms with Crippen LogP contribution >= 0.6 is 0 Å². The molecule has 0 aliphatic rings. The van der Waals surface area contributed by atoms with Crippen molar-refractivity contribution in [3.8, 4) is 0 Å². The number of benzene rings is 1. The van der Waals surface area contributed by atoms with Crippen LogP contribution < -0.4 is 5.73 Å². The van der Waals surface area contributed by atoms with Crippen LogP contribution in [-0.2, 0) is 16.0 Å². The van der Waals surface area contributed by atoms with Gasteiger partial charge in [0.2, 0.25) is 5.82 Å². The number of esters is 1. The summed E-state index contributed by atoms with van der Waals surface area (Å²) >= 11 is 0. The number of nitro groups is 1. The number of nitrogens with two attached hydrogens (primary N) is 1. The minimum atomic E-state index is -0.954. The van der Waals surface area contributed by atoms with E-state index in [1.165, 1.54) is 13.2 Å². The van der Waals surface area contributed by atoms with Crippen molar-refractivity contribution in [3.05, 3.63) is 39.7 Å². The predicted octanol–water partition coefficient (Wildman–Crippen LogP) is 0.777. The molecule has 0 radical (unpaired) electrons. The lowest BCUT2D eigenvalue weighted by Gasteiger charge is -2.08. The highest BCUT2D eigenvalue weighted by molar-refractivity contribution is 5.75. The zero-order chi connectivity index (χ0) is 13.0. The lowest BCUT2D eigenvalue weighted by molar-refractivity contribution is -0.387. The van der Waals surface area contributed by atoms with Gasteiger partial charge in [0.15, 0.2) is 0 Å². The summed E-state index contributed by atoms with van der Waals surface area (Å²) in [5.41, 5.74) is 5.26. The lowest BCUT2D eigenvalue weighted by Crippen LogP contribution is -2.33. The van der Waals surface area contributed by atoms with Crippen LogP contribution in [0.4, 0.5) is 10.1 Å². The zero-order valence-electron chi connectivity index (χ0n) is 9.05. The third-order valence-corrected chi connectivity index (χ3v) is 2.17. The van der Waals surface area contributed by atoms with Gasteiger partial charge in [-0.25, -0.2) is 0 Å². The molecular formula is C10H11FN2O4. The van der Waals surface area contributed by atoms with Crippen LogP contribution in [0, 0.1) is 15.9 Å². The van der Waals surface area contributed by atoms with Crippen LogP contribution in [0.25, 0.3) is 0 Å². The second kappa shape index (κ2) is 5.35. The van der Waals surface area contributed by atoms with Crippen molar-refractivity contribution in [2.45, 2.75) is 12.5 Å². The van der Waals surface area contributed by atoms with E-state index in [4.69, 9.17) is 5.73 Å². The summed E-state index contributed by atoms with van der Waals surface area (Å²) in [5.74, 6) is -1.58. The van der Waals surface area contributed by atoms with E-state index in [9.17, 15) is 19.3 Å². The maximum atomic E-state index is 13.2. The molecule has 0 aromatic heterocycles. The number of carbonyl (C=O) groups is 1. The average Bonchev–Trinajstić information content (AvgIpc) is 2.27. The Hall–Kier alpha value is -2.02. The number of halogens is 1. The highest BCUT2D eigenvalue weighted by Crippen LogP contribution is 2.18. The van der Waals surface area contributed by atoms with Crippen LogP contribution in [0.2, 0.25) is 0 Å². The SMILES string of the molecule is COC(=O)[C@@H](N)Cc1ccc([N+](=O)[O-])c(F)c1. The van der Waals surface area contributed by atoms with Crippen molar-refractivity contribution < 1.29 is 18.8 Å². The van der Waals surface area contributed by atoms with E-state index in [1.54, 1.807) is 0 Å². The third kappa shape index (κ3) is 3.22. The number of methoxy groups -OCH3 is 1. The third-order valence-electron chi connectivity index (χ3n) is 2.17. The second-order valence-electron chi connectivity index (χ2n) is 3.38. The molecule has 1 rings (SSSR count). The van der Waals surface area contributed by atoms with Crippen molar-refractivity contribution in [1.82, 2.24) is 0 Å². The molecule has 0 amide bonds. The highest BCUT2D eigenvalue weighted by Gasteiger charge is 2.18. The summed E-state index contributed by atoms with van der Waals surface area (Å²) in [7, 11) is 1.19. The first-order chi connectivity index (χ1) is 7.95. The smallest absolute Gasteiger partial charge is 0.322 e. The quantitative estimate of drug-likeness (QED) is 0.478. The number of rotatable bonds is 4. The van der Waals surface area contributed by atoms with Gasteiger partial charge in [0.05, 0.1) is 12.0 Å². The van der Waals surface area contributed by atoms with E-state index in [0.29, 0.717) is 5.56 Å². The van der Waals surface area contributed by atoms with Gasteiger partial charge >= 0.3 is 11.7 Å². The Kier molecular flexibility index (Phi) is 4.11. The largest absolute Gasteiger partial charge is 0.468 e. The summed E-state index contributed by atoms with van der Waals surface area (Å²) in [4.78, 5) is 20.6. The van der Waals surface area contributed by atoms with Crippen LogP contribution in [0.3, 0.4) is 0 Å². The zero-order valence-corrected chi connectivity index (χ0v) is 9.05. The summed E-state index contributed by atoms with van der Waals surface area (Å²) in [6.07, 6.45) is 0.0571. The summed E-state index contributed by atoms with van der Waals surface area (Å²) < 4.78 is 17.6. The number of nitrogens with zero attached hydrogens (tertiary/aromatic N) is 1. The van der Waals surface area contributed by atoms with Gasteiger partial charge in [0, 0.05) is 6.07 Å². The fraction of sp³-hybridized carbons (Fsp3) is 0.300. The minimum Gasteiger partial charge on any atom is -0.468 e. The first-order valence-corrected chi connectivity index (χ1v) is 4.72. The molecule has 2 N–H and O–H groups in total. The monoisotopic (exact) mass is 242 g/mol. The molecule has 0 saturated heterocycles. The fourth-order valence-corrected chi connectivity index (χ4v) is 1.31. The maximum absolute atomic E-state index is 13.2. The number of hydrogen-bond donors (Lipinski definition) is 1. The topological polar surface area (TPSA) is 95.5 Å². The van der Waals surface area contributed by atoms with Crippen molar-refractivity contribution in [3.63, 3.8) is 0 Å². The van der Waals surface area contributed by atoms with E-state index in [2.05, 4.69) is 4.74 Å². The maximum Gasteiger partial charge on any atom is 0.322 e. The van der Waals surface area contributed by atoms with Gasteiger partial charge in [-0.2, -0.15) is 4.39 Å². The Labute approximate surface area is 96.3 Å². The Balaban J connectivity index is 2.84. The van der Waals surface area contributed by atoms with Crippen LogP contribution in [-0.4, -0.2) is 24.0 Å². The van der Waals surface area contributed by atoms with E-state index >= 15 is 0 Å². The van der Waals surface area contributed by atoms with Crippen LogP contribution in [0.1, 0.15) is 5.56 Å². The van der Waals surface area contributed by atoms with E-state index in [-0.39, 0.29) is 6.42 Å². The number of ether oxygens (including phenoxy) is 1. The molecule has 0 heterocycles. The van der Waals surface area contributed by atoms with Crippen LogP contribution in [0.15, 0.2) is 18.2 Å². The standard InChI is InChI=1S/C10H11FN2O4/c1-17-10(14)8(12)5-6-2-3-9(13(15)16)7(11)4-6/h2-4,8H,5,12H2,1H3/t8-/m0/s1. The molecule has 17 heavy (non-hydrogen) atoms. The minimum absolute atomic E-state index is 0.0571. The Morgan fingerprint density at radius 1 is 1.65 bits per heavy atom. The Morgan fingerprint density at radius 2 is 2.29 bits per heavy atom. The highest BCUT2D eigenvalue weighted by atomic mass is 19.1. The average molecular weight is 242 g/mol. The predicted molar refractivity (Wildman–Crippen MR) is 56.7 cm³/mol. The molecular weight excluding hydrogens is 231 g/mol. The van der Waals surface area contributed by atoms with E-state index in [0.717, 1.165) is 12.1 Å². The Bertz CT molecular complexity index is 450. The molecule has 1 atom stereocenters.